The molecule has 0 saturated carbocycles. The Morgan fingerprint density at radius 2 is 2.19 bits per heavy atom. The van der Waals surface area contributed by atoms with Crippen molar-refractivity contribution in [1.82, 2.24) is 0 Å². The molecule has 116 valence electrons. The van der Waals surface area contributed by atoms with Crippen LogP contribution < -0.4 is 10.6 Å². The van der Waals surface area contributed by atoms with Crippen LogP contribution in [0.4, 0.5) is 15.8 Å². The molecule has 3 N–H and O–H groups in total. The second-order valence-corrected chi connectivity index (χ2v) is 8.07. The quantitative estimate of drug-likeness (QED) is 0.796. The van der Waals surface area contributed by atoms with Crippen molar-refractivity contribution in [2.45, 2.75) is 5.37 Å². The molecule has 1 aromatic rings. The minimum atomic E-state index is -3.41. The number of carbonyl (C=O) groups is 1. The molecule has 0 radical (unpaired) electrons. The first-order valence-corrected chi connectivity index (χ1v) is 9.19. The summed E-state index contributed by atoms with van der Waals surface area (Å²) in [6.07, 6.45) is 1.10. The van der Waals surface area contributed by atoms with Crippen molar-refractivity contribution in [3.05, 3.63) is 23.5 Å². The van der Waals surface area contributed by atoms with E-state index in [4.69, 9.17) is 5.73 Å². The number of hydrogen-bond acceptors (Lipinski definition) is 6. The van der Waals surface area contributed by atoms with E-state index in [2.05, 4.69) is 0 Å². The molecule has 9 heteroatoms. The zero-order valence-electron chi connectivity index (χ0n) is 11.2. The van der Waals surface area contributed by atoms with Gasteiger partial charge in [-0.2, -0.15) is 11.8 Å². The molecule has 1 atom stereocenters. The second kappa shape index (κ2) is 5.72. The number of benzene rings is 1. The lowest BCUT2D eigenvalue weighted by Crippen LogP contribution is -2.47. The Bertz CT molecular complexity index is 678. The van der Waals surface area contributed by atoms with Gasteiger partial charge in [0.05, 0.1) is 11.4 Å². The summed E-state index contributed by atoms with van der Waals surface area (Å²) in [5, 5.41) is 8.41. The highest BCUT2D eigenvalue weighted by molar-refractivity contribution is 8.01. The predicted molar refractivity (Wildman–Crippen MR) is 81.1 cm³/mol. The van der Waals surface area contributed by atoms with Gasteiger partial charge in [-0.1, -0.05) is 0 Å². The number of hydrogen-bond donors (Lipinski definition) is 2. The number of aromatic carboxylic acids is 1. The predicted octanol–water partition coefficient (Wildman–Crippen LogP) is 1.03. The molecule has 1 aliphatic rings. The van der Waals surface area contributed by atoms with E-state index in [1.165, 1.54) is 22.7 Å². The third-order valence-electron chi connectivity index (χ3n) is 3.27. The number of sulfone groups is 1. The summed E-state index contributed by atoms with van der Waals surface area (Å²) >= 11 is 1.48. The van der Waals surface area contributed by atoms with E-state index < -0.39 is 38.2 Å². The maximum absolute atomic E-state index is 13.5. The molecule has 0 aromatic heterocycles. The first kappa shape index (κ1) is 15.9. The van der Waals surface area contributed by atoms with Gasteiger partial charge in [0.25, 0.3) is 0 Å². The third-order valence-corrected chi connectivity index (χ3v) is 5.92. The zero-order chi connectivity index (χ0) is 15.8. The summed E-state index contributed by atoms with van der Waals surface area (Å²) in [4.78, 5) is 12.8. The van der Waals surface area contributed by atoms with Crippen molar-refractivity contribution < 1.29 is 22.7 Å². The van der Waals surface area contributed by atoms with Gasteiger partial charge >= 0.3 is 5.97 Å². The van der Waals surface area contributed by atoms with Crippen LogP contribution in [0.25, 0.3) is 0 Å². The van der Waals surface area contributed by atoms with E-state index in [1.54, 1.807) is 0 Å². The van der Waals surface area contributed by atoms with Gasteiger partial charge in [-0.05, 0) is 12.1 Å². The maximum Gasteiger partial charge on any atom is 0.340 e. The second-order valence-electron chi connectivity index (χ2n) is 4.71. The minimum absolute atomic E-state index is 0.136. The van der Waals surface area contributed by atoms with Crippen LogP contribution in [0.1, 0.15) is 10.4 Å². The Morgan fingerprint density at radius 1 is 1.52 bits per heavy atom. The largest absolute Gasteiger partial charge is 0.478 e. The number of rotatable bonds is 3. The summed E-state index contributed by atoms with van der Waals surface area (Å²) in [5.74, 6) is -1.23. The molecule has 1 aliphatic heterocycles. The summed E-state index contributed by atoms with van der Waals surface area (Å²) in [6, 6.07) is 2.32. The van der Waals surface area contributed by atoms with Crippen molar-refractivity contribution >= 4 is 38.9 Å². The smallest absolute Gasteiger partial charge is 0.340 e. The number of nitrogen functional groups attached to an aromatic ring is 1. The van der Waals surface area contributed by atoms with Crippen LogP contribution in [0.5, 0.6) is 0 Å². The standard InChI is InChI=1S/C12H15FN2O4S2/c1-21(18,19)9-6-20-5-4-15(9)8-3-2-7(13)11(14)10(8)12(16)17/h2-3,9H,4-6,14H2,1H3,(H,16,17). The van der Waals surface area contributed by atoms with E-state index >= 15 is 0 Å². The normalized spacial score (nSPS) is 19.5. The first-order valence-electron chi connectivity index (χ1n) is 6.08. The van der Waals surface area contributed by atoms with E-state index in [0.29, 0.717) is 18.1 Å². The topological polar surface area (TPSA) is 101 Å². The number of carboxylic acids is 1. The number of anilines is 2. The van der Waals surface area contributed by atoms with Gasteiger partial charge in [0, 0.05) is 24.3 Å². The van der Waals surface area contributed by atoms with Crippen LogP contribution in [0.3, 0.4) is 0 Å². The Morgan fingerprint density at radius 3 is 2.76 bits per heavy atom. The summed E-state index contributed by atoms with van der Waals surface area (Å²) in [7, 11) is -3.41. The Hall–Kier alpha value is -1.48. The van der Waals surface area contributed by atoms with E-state index in [-0.39, 0.29) is 5.69 Å². The first-order chi connectivity index (χ1) is 9.73. The highest BCUT2D eigenvalue weighted by Crippen LogP contribution is 2.33. The highest BCUT2D eigenvalue weighted by Gasteiger charge is 2.34. The third kappa shape index (κ3) is 3.08. The molecule has 6 nitrogen and oxygen atoms in total. The molecule has 0 aliphatic carbocycles. The van der Waals surface area contributed by atoms with Crippen molar-refractivity contribution in [2.75, 3.05) is 34.9 Å². The molecule has 0 bridgehead atoms. The lowest BCUT2D eigenvalue weighted by molar-refractivity contribution is 0.0698. The molecule has 1 heterocycles. The van der Waals surface area contributed by atoms with Gasteiger partial charge in [-0.15, -0.1) is 0 Å². The minimum Gasteiger partial charge on any atom is -0.478 e. The summed E-state index contributed by atoms with van der Waals surface area (Å²) in [6.45, 7) is 0.355. The molecule has 21 heavy (non-hydrogen) atoms. The van der Waals surface area contributed by atoms with Gasteiger partial charge in [0.1, 0.15) is 16.8 Å². The fourth-order valence-corrected chi connectivity index (χ4v) is 5.09. The lowest BCUT2D eigenvalue weighted by atomic mass is 10.1. The Balaban J connectivity index is 2.59. The maximum atomic E-state index is 13.5. The number of nitrogens with zero attached hydrogens (tertiary/aromatic N) is 1. The van der Waals surface area contributed by atoms with Crippen molar-refractivity contribution in [3.63, 3.8) is 0 Å². The van der Waals surface area contributed by atoms with E-state index in [1.807, 2.05) is 0 Å². The Kier molecular flexibility index (Phi) is 4.33. The van der Waals surface area contributed by atoms with E-state index in [0.717, 1.165) is 12.3 Å². The molecule has 1 saturated heterocycles. The monoisotopic (exact) mass is 334 g/mol. The molecule has 0 spiro atoms. The van der Waals surface area contributed by atoms with Crippen LogP contribution in [0, 0.1) is 5.82 Å². The van der Waals surface area contributed by atoms with Gasteiger partial charge in [0.15, 0.2) is 9.84 Å². The molecule has 0 amide bonds. The van der Waals surface area contributed by atoms with Crippen LogP contribution in [-0.2, 0) is 9.84 Å². The zero-order valence-corrected chi connectivity index (χ0v) is 12.9. The molecular weight excluding hydrogens is 319 g/mol. The fraction of sp³-hybridized carbons (Fsp3) is 0.417. The Labute approximate surface area is 126 Å². The molecule has 2 rings (SSSR count). The van der Waals surface area contributed by atoms with Crippen molar-refractivity contribution in [1.29, 1.82) is 0 Å². The van der Waals surface area contributed by atoms with Gasteiger partial charge in [-0.3, -0.25) is 0 Å². The van der Waals surface area contributed by atoms with Crippen LogP contribution in [-0.4, -0.2) is 49.2 Å². The molecule has 1 unspecified atom stereocenters. The molecule has 1 aromatic carbocycles. The fourth-order valence-electron chi connectivity index (χ4n) is 2.26. The number of halogens is 1. The van der Waals surface area contributed by atoms with Gasteiger partial charge in [0.2, 0.25) is 0 Å². The SMILES string of the molecule is CS(=O)(=O)C1CSCCN1c1ccc(F)c(N)c1C(=O)O. The van der Waals surface area contributed by atoms with Crippen LogP contribution in [0.15, 0.2) is 12.1 Å². The average Bonchev–Trinajstić information content (AvgIpc) is 2.40. The number of nitrogens with two attached hydrogens (primary N) is 1. The van der Waals surface area contributed by atoms with Crippen molar-refractivity contribution in [2.24, 2.45) is 0 Å². The number of carboxylic acid groups (broad SMARTS) is 1. The highest BCUT2D eigenvalue weighted by atomic mass is 32.2. The summed E-state index contributed by atoms with van der Waals surface area (Å²) < 4.78 is 37.3. The molecular formula is C12H15FN2O4S2. The average molecular weight is 334 g/mol. The van der Waals surface area contributed by atoms with E-state index in [9.17, 15) is 22.7 Å². The lowest BCUT2D eigenvalue weighted by Gasteiger charge is -2.36. The van der Waals surface area contributed by atoms with Crippen LogP contribution in [0.2, 0.25) is 0 Å². The van der Waals surface area contributed by atoms with Crippen LogP contribution >= 0.6 is 11.8 Å². The van der Waals surface area contributed by atoms with Gasteiger partial charge in [-0.25, -0.2) is 17.6 Å². The number of thioether (sulfide) groups is 1. The summed E-state index contributed by atoms with van der Waals surface area (Å²) in [5.41, 5.74) is 4.77. The molecule has 1 fully saturated rings. The van der Waals surface area contributed by atoms with Crippen molar-refractivity contribution in [3.8, 4) is 0 Å². The van der Waals surface area contributed by atoms with Gasteiger partial charge < -0.3 is 15.7 Å².